The monoisotopic (exact) mass is 270 g/mol. The quantitative estimate of drug-likeness (QED) is 0.751. The molecule has 0 N–H and O–H groups in total. The summed E-state index contributed by atoms with van der Waals surface area (Å²) in [7, 11) is 3.24. The molecule has 0 saturated heterocycles. The number of benzene rings is 2. The maximum absolute atomic E-state index is 12.2. The van der Waals surface area contributed by atoms with Crippen LogP contribution in [-0.2, 0) is 4.74 Å². The molecular formula is C17H18O3. The van der Waals surface area contributed by atoms with Crippen molar-refractivity contribution < 1.29 is 14.3 Å². The van der Waals surface area contributed by atoms with E-state index >= 15 is 0 Å². The van der Waals surface area contributed by atoms with E-state index in [1.165, 1.54) is 0 Å². The Morgan fingerprint density at radius 3 is 2.20 bits per heavy atom. The van der Waals surface area contributed by atoms with Gasteiger partial charge in [0.2, 0.25) is 0 Å². The number of Topliss-reactive ketones (excluding diaryl/α,β-unsaturated/α-hetero) is 1. The van der Waals surface area contributed by atoms with Gasteiger partial charge in [-0.25, -0.2) is 0 Å². The fraction of sp³-hybridized carbons (Fsp3) is 0.235. The molecule has 0 spiro atoms. The number of carbonyl (C=O) groups excluding carboxylic acids is 1. The van der Waals surface area contributed by atoms with Crippen molar-refractivity contribution in [1.29, 1.82) is 0 Å². The number of ketones is 1. The summed E-state index contributed by atoms with van der Waals surface area (Å²) >= 11 is 0. The Morgan fingerprint density at radius 1 is 1.00 bits per heavy atom. The number of rotatable bonds is 6. The van der Waals surface area contributed by atoms with E-state index in [0.29, 0.717) is 12.0 Å². The molecule has 0 aromatic heterocycles. The van der Waals surface area contributed by atoms with Crippen LogP contribution in [0.3, 0.4) is 0 Å². The van der Waals surface area contributed by atoms with Gasteiger partial charge >= 0.3 is 0 Å². The first kappa shape index (κ1) is 14.3. The highest BCUT2D eigenvalue weighted by Gasteiger charge is 2.16. The van der Waals surface area contributed by atoms with Gasteiger partial charge in [-0.15, -0.1) is 0 Å². The second kappa shape index (κ2) is 6.87. The average Bonchev–Trinajstić information content (AvgIpc) is 2.53. The van der Waals surface area contributed by atoms with Gasteiger partial charge in [-0.2, -0.15) is 0 Å². The molecule has 0 fully saturated rings. The lowest BCUT2D eigenvalue weighted by molar-refractivity contribution is 0.0730. The van der Waals surface area contributed by atoms with E-state index in [4.69, 9.17) is 9.47 Å². The van der Waals surface area contributed by atoms with Crippen LogP contribution in [-0.4, -0.2) is 20.0 Å². The van der Waals surface area contributed by atoms with E-state index in [9.17, 15) is 4.79 Å². The molecule has 0 bridgehead atoms. The summed E-state index contributed by atoms with van der Waals surface area (Å²) < 4.78 is 10.6. The summed E-state index contributed by atoms with van der Waals surface area (Å²) in [6.07, 6.45) is 0.0842. The molecule has 1 unspecified atom stereocenters. The van der Waals surface area contributed by atoms with Crippen LogP contribution in [0.2, 0.25) is 0 Å². The molecule has 0 heterocycles. The lowest BCUT2D eigenvalue weighted by Crippen LogP contribution is -2.09. The fourth-order valence-corrected chi connectivity index (χ4v) is 2.07. The van der Waals surface area contributed by atoms with Gasteiger partial charge in [-0.3, -0.25) is 4.79 Å². The summed E-state index contributed by atoms with van der Waals surface area (Å²) in [5.41, 5.74) is 1.68. The van der Waals surface area contributed by atoms with Crippen molar-refractivity contribution in [3.63, 3.8) is 0 Å². The summed E-state index contributed by atoms with van der Waals surface area (Å²) in [6, 6.07) is 16.9. The lowest BCUT2D eigenvalue weighted by Gasteiger charge is -2.15. The second-order valence-corrected chi connectivity index (χ2v) is 4.49. The first-order valence-electron chi connectivity index (χ1n) is 6.49. The Labute approximate surface area is 119 Å². The minimum atomic E-state index is -0.242. The van der Waals surface area contributed by atoms with E-state index in [1.54, 1.807) is 14.2 Å². The van der Waals surface area contributed by atoms with E-state index in [2.05, 4.69) is 0 Å². The number of methoxy groups -OCH3 is 2. The lowest BCUT2D eigenvalue weighted by atomic mass is 10.00. The summed E-state index contributed by atoms with van der Waals surface area (Å²) in [6.45, 7) is 0. The molecule has 0 aliphatic carbocycles. The van der Waals surface area contributed by atoms with Gasteiger partial charge in [0.05, 0.1) is 13.2 Å². The predicted octanol–water partition coefficient (Wildman–Crippen LogP) is 3.66. The van der Waals surface area contributed by atoms with Crippen molar-refractivity contribution in [1.82, 2.24) is 0 Å². The first-order chi connectivity index (χ1) is 9.74. The molecular weight excluding hydrogens is 252 g/mol. The summed E-state index contributed by atoms with van der Waals surface area (Å²) in [5, 5.41) is 0. The van der Waals surface area contributed by atoms with Crippen molar-refractivity contribution >= 4 is 5.78 Å². The third-order valence-electron chi connectivity index (χ3n) is 3.24. The predicted molar refractivity (Wildman–Crippen MR) is 78.1 cm³/mol. The average molecular weight is 270 g/mol. The maximum Gasteiger partial charge on any atom is 0.165 e. The topological polar surface area (TPSA) is 35.5 Å². The van der Waals surface area contributed by atoms with Gasteiger partial charge in [0, 0.05) is 19.1 Å². The minimum Gasteiger partial charge on any atom is -0.497 e. The van der Waals surface area contributed by atoms with Gasteiger partial charge in [0.15, 0.2) is 5.78 Å². The number of hydrogen-bond donors (Lipinski definition) is 0. The minimum absolute atomic E-state index is 0.0771. The molecule has 2 rings (SSSR count). The molecule has 2 aromatic carbocycles. The van der Waals surface area contributed by atoms with Crippen molar-refractivity contribution in [3.8, 4) is 5.75 Å². The number of hydrogen-bond acceptors (Lipinski definition) is 3. The van der Waals surface area contributed by atoms with Crippen LogP contribution in [0.15, 0.2) is 54.6 Å². The third-order valence-corrected chi connectivity index (χ3v) is 3.24. The molecule has 1 atom stereocenters. The van der Waals surface area contributed by atoms with Crippen LogP contribution in [0, 0.1) is 0 Å². The molecule has 0 saturated carbocycles. The SMILES string of the molecule is COc1ccc(C(CC(=O)c2ccccc2)OC)cc1. The Morgan fingerprint density at radius 2 is 1.65 bits per heavy atom. The van der Waals surface area contributed by atoms with Crippen molar-refractivity contribution in [2.75, 3.05) is 14.2 Å². The Balaban J connectivity index is 2.10. The van der Waals surface area contributed by atoms with Crippen molar-refractivity contribution in [2.45, 2.75) is 12.5 Å². The van der Waals surface area contributed by atoms with Gasteiger partial charge in [0.25, 0.3) is 0 Å². The molecule has 0 aliphatic rings. The van der Waals surface area contributed by atoms with Gasteiger partial charge in [-0.1, -0.05) is 42.5 Å². The number of carbonyl (C=O) groups is 1. The third kappa shape index (κ3) is 3.45. The van der Waals surface area contributed by atoms with Gasteiger partial charge in [-0.05, 0) is 17.7 Å². The molecule has 104 valence electrons. The van der Waals surface area contributed by atoms with Crippen LogP contribution < -0.4 is 4.74 Å². The summed E-state index contributed by atoms with van der Waals surface area (Å²) in [5.74, 6) is 0.867. The van der Waals surface area contributed by atoms with Gasteiger partial charge < -0.3 is 9.47 Å². The molecule has 3 nitrogen and oxygen atoms in total. The van der Waals surface area contributed by atoms with Crippen molar-refractivity contribution in [3.05, 3.63) is 65.7 Å². The highest BCUT2D eigenvalue weighted by atomic mass is 16.5. The van der Waals surface area contributed by atoms with E-state index in [-0.39, 0.29) is 11.9 Å². The van der Waals surface area contributed by atoms with Crippen molar-refractivity contribution in [2.24, 2.45) is 0 Å². The van der Waals surface area contributed by atoms with Crippen LogP contribution in [0.25, 0.3) is 0 Å². The standard InChI is InChI=1S/C17H18O3/c1-19-15-10-8-14(9-11-15)17(20-2)12-16(18)13-6-4-3-5-7-13/h3-11,17H,12H2,1-2H3. The van der Waals surface area contributed by atoms with Gasteiger partial charge in [0.1, 0.15) is 5.75 Å². The number of ether oxygens (including phenoxy) is 2. The molecule has 0 radical (unpaired) electrons. The highest BCUT2D eigenvalue weighted by molar-refractivity contribution is 5.96. The zero-order valence-corrected chi connectivity index (χ0v) is 11.7. The normalized spacial score (nSPS) is 11.9. The van der Waals surface area contributed by atoms with Crippen LogP contribution >= 0.6 is 0 Å². The second-order valence-electron chi connectivity index (χ2n) is 4.49. The summed E-state index contributed by atoms with van der Waals surface area (Å²) in [4.78, 5) is 12.2. The first-order valence-corrected chi connectivity index (χ1v) is 6.49. The molecule has 3 heteroatoms. The molecule has 0 amide bonds. The molecule has 20 heavy (non-hydrogen) atoms. The molecule has 2 aromatic rings. The van der Waals surface area contributed by atoms with E-state index in [0.717, 1.165) is 11.3 Å². The Bertz CT molecular complexity index is 546. The van der Waals surface area contributed by atoms with Crippen LogP contribution in [0.5, 0.6) is 5.75 Å². The zero-order valence-electron chi connectivity index (χ0n) is 11.7. The van der Waals surface area contributed by atoms with Crippen LogP contribution in [0.1, 0.15) is 28.4 Å². The van der Waals surface area contributed by atoms with E-state index in [1.807, 2.05) is 54.6 Å². The Hall–Kier alpha value is -2.13. The van der Waals surface area contributed by atoms with E-state index < -0.39 is 0 Å². The smallest absolute Gasteiger partial charge is 0.165 e. The fourth-order valence-electron chi connectivity index (χ4n) is 2.07. The maximum atomic E-state index is 12.2. The molecule has 0 aliphatic heterocycles. The zero-order chi connectivity index (χ0) is 14.4. The Kier molecular flexibility index (Phi) is 4.91. The highest BCUT2D eigenvalue weighted by Crippen LogP contribution is 2.24. The largest absolute Gasteiger partial charge is 0.497 e. The van der Waals surface area contributed by atoms with Crippen LogP contribution in [0.4, 0.5) is 0 Å².